The van der Waals surface area contributed by atoms with Crippen molar-refractivity contribution < 1.29 is 13.2 Å². The zero-order valence-electron chi connectivity index (χ0n) is 12.1. The Hall–Kier alpha value is -0.620. The summed E-state index contributed by atoms with van der Waals surface area (Å²) in [5, 5.41) is 3.38. The molecule has 3 unspecified atom stereocenters. The van der Waals surface area contributed by atoms with Crippen molar-refractivity contribution in [1.82, 2.24) is 10.2 Å². The van der Waals surface area contributed by atoms with Gasteiger partial charge in [0.05, 0.1) is 23.7 Å². The lowest BCUT2D eigenvalue weighted by Gasteiger charge is -2.31. The smallest absolute Gasteiger partial charge is 0.241 e. The van der Waals surface area contributed by atoms with Gasteiger partial charge in [0.15, 0.2) is 9.84 Å². The molecular formula is C13H24N2O3S. The van der Waals surface area contributed by atoms with Crippen LogP contribution >= 0.6 is 0 Å². The zero-order chi connectivity index (χ0) is 14.4. The zero-order valence-corrected chi connectivity index (χ0v) is 12.9. The Bertz CT molecular complexity index is 459. The van der Waals surface area contributed by atoms with E-state index in [0.717, 1.165) is 0 Å². The topological polar surface area (TPSA) is 66.5 Å². The van der Waals surface area contributed by atoms with Crippen molar-refractivity contribution in [3.8, 4) is 0 Å². The number of carbonyl (C=O) groups excluding carboxylic acids is 1. The molecule has 6 heteroatoms. The molecule has 3 atom stereocenters. The second kappa shape index (κ2) is 5.05. The maximum Gasteiger partial charge on any atom is 0.241 e. The van der Waals surface area contributed by atoms with Gasteiger partial charge in [-0.3, -0.25) is 10.1 Å². The minimum Gasteiger partial charge on any atom is -0.321 e. The Morgan fingerprint density at radius 2 is 1.84 bits per heavy atom. The molecule has 0 radical (unpaired) electrons. The molecule has 2 saturated heterocycles. The van der Waals surface area contributed by atoms with E-state index in [2.05, 4.69) is 19.2 Å². The van der Waals surface area contributed by atoms with E-state index in [-0.39, 0.29) is 47.5 Å². The van der Waals surface area contributed by atoms with E-state index in [1.54, 1.807) is 4.90 Å². The maximum atomic E-state index is 12.5. The van der Waals surface area contributed by atoms with E-state index in [9.17, 15) is 13.2 Å². The largest absolute Gasteiger partial charge is 0.321 e. The van der Waals surface area contributed by atoms with Crippen molar-refractivity contribution in [1.29, 1.82) is 0 Å². The second-order valence-electron chi connectivity index (χ2n) is 6.38. The van der Waals surface area contributed by atoms with E-state index in [4.69, 9.17) is 0 Å². The van der Waals surface area contributed by atoms with Gasteiger partial charge in [0.1, 0.15) is 0 Å². The van der Waals surface area contributed by atoms with Crippen LogP contribution in [0.4, 0.5) is 0 Å². The van der Waals surface area contributed by atoms with Gasteiger partial charge < -0.3 is 4.90 Å². The molecule has 0 aromatic heterocycles. The number of sulfone groups is 1. The second-order valence-corrected chi connectivity index (χ2v) is 8.61. The molecule has 5 nitrogen and oxygen atoms in total. The van der Waals surface area contributed by atoms with Crippen LogP contribution < -0.4 is 5.32 Å². The first-order valence-corrected chi connectivity index (χ1v) is 8.83. The predicted molar refractivity (Wildman–Crippen MR) is 74.3 cm³/mol. The highest BCUT2D eigenvalue weighted by atomic mass is 32.2. The van der Waals surface area contributed by atoms with Gasteiger partial charge in [-0.1, -0.05) is 27.7 Å². The van der Waals surface area contributed by atoms with E-state index in [1.165, 1.54) is 0 Å². The van der Waals surface area contributed by atoms with Crippen LogP contribution in [0.3, 0.4) is 0 Å². The third kappa shape index (κ3) is 2.79. The van der Waals surface area contributed by atoms with Crippen LogP contribution in [0.25, 0.3) is 0 Å². The van der Waals surface area contributed by atoms with Crippen molar-refractivity contribution in [2.45, 2.75) is 52.4 Å². The SMILES string of the molecule is CC(C)C1NC(C(C)C)N(C2CCS(=O)(=O)C2)C1=O. The quantitative estimate of drug-likeness (QED) is 0.826. The van der Waals surface area contributed by atoms with Crippen LogP contribution in [-0.2, 0) is 14.6 Å². The van der Waals surface area contributed by atoms with Crippen molar-refractivity contribution in [2.24, 2.45) is 11.8 Å². The number of hydrogen-bond acceptors (Lipinski definition) is 4. The molecule has 2 heterocycles. The van der Waals surface area contributed by atoms with Gasteiger partial charge in [-0.2, -0.15) is 0 Å². The van der Waals surface area contributed by atoms with E-state index >= 15 is 0 Å². The molecular weight excluding hydrogens is 264 g/mol. The van der Waals surface area contributed by atoms with Crippen LogP contribution in [-0.4, -0.2) is 49.0 Å². The number of nitrogens with one attached hydrogen (secondary N) is 1. The first-order chi connectivity index (χ1) is 8.73. The molecule has 0 spiro atoms. The molecule has 0 aliphatic carbocycles. The summed E-state index contributed by atoms with van der Waals surface area (Å²) in [4.78, 5) is 14.3. The fourth-order valence-electron chi connectivity index (χ4n) is 3.03. The molecule has 0 bridgehead atoms. The average molecular weight is 288 g/mol. The molecule has 0 aromatic rings. The van der Waals surface area contributed by atoms with Crippen LogP contribution in [0.2, 0.25) is 0 Å². The Morgan fingerprint density at radius 3 is 2.26 bits per heavy atom. The highest BCUT2D eigenvalue weighted by molar-refractivity contribution is 7.91. The third-order valence-corrected chi connectivity index (χ3v) is 5.82. The summed E-state index contributed by atoms with van der Waals surface area (Å²) in [5.74, 6) is 0.885. The Labute approximate surface area is 115 Å². The monoisotopic (exact) mass is 288 g/mol. The Kier molecular flexibility index (Phi) is 3.93. The van der Waals surface area contributed by atoms with Gasteiger partial charge in [0.2, 0.25) is 5.91 Å². The van der Waals surface area contributed by atoms with Gasteiger partial charge >= 0.3 is 0 Å². The molecule has 2 aliphatic heterocycles. The van der Waals surface area contributed by atoms with Crippen molar-refractivity contribution in [3.05, 3.63) is 0 Å². The summed E-state index contributed by atoms with van der Waals surface area (Å²) in [6.07, 6.45) is 0.530. The fraction of sp³-hybridized carbons (Fsp3) is 0.923. The highest BCUT2D eigenvalue weighted by Crippen LogP contribution is 2.28. The van der Waals surface area contributed by atoms with Crippen LogP contribution in [0.15, 0.2) is 0 Å². The predicted octanol–water partition coefficient (Wildman–Crippen LogP) is 0.612. The van der Waals surface area contributed by atoms with Gasteiger partial charge in [-0.15, -0.1) is 0 Å². The highest BCUT2D eigenvalue weighted by Gasteiger charge is 2.47. The Balaban J connectivity index is 2.23. The number of nitrogens with zero attached hydrogens (tertiary/aromatic N) is 1. The average Bonchev–Trinajstić information content (AvgIpc) is 2.78. The van der Waals surface area contributed by atoms with Crippen LogP contribution in [0.5, 0.6) is 0 Å². The molecule has 19 heavy (non-hydrogen) atoms. The standard InChI is InChI=1S/C13H24N2O3S/c1-8(2)11-13(16)15(12(14-11)9(3)4)10-5-6-19(17,18)7-10/h8-12,14H,5-7H2,1-4H3. The third-order valence-electron chi connectivity index (χ3n) is 4.07. The van der Waals surface area contributed by atoms with Crippen LogP contribution in [0.1, 0.15) is 34.1 Å². The lowest BCUT2D eigenvalue weighted by molar-refractivity contribution is -0.133. The summed E-state index contributed by atoms with van der Waals surface area (Å²) < 4.78 is 23.3. The lowest BCUT2D eigenvalue weighted by Crippen LogP contribution is -2.47. The minimum absolute atomic E-state index is 0.0433. The summed E-state index contributed by atoms with van der Waals surface area (Å²) in [6, 6.07) is -0.336. The first-order valence-electron chi connectivity index (χ1n) is 7.01. The van der Waals surface area contributed by atoms with Crippen molar-refractivity contribution in [3.63, 3.8) is 0 Å². The molecule has 2 fully saturated rings. The lowest BCUT2D eigenvalue weighted by atomic mass is 10.0. The Morgan fingerprint density at radius 1 is 1.21 bits per heavy atom. The number of rotatable bonds is 3. The van der Waals surface area contributed by atoms with Crippen molar-refractivity contribution >= 4 is 15.7 Å². The maximum absolute atomic E-state index is 12.5. The summed E-state index contributed by atoms with van der Waals surface area (Å²) >= 11 is 0. The van der Waals surface area contributed by atoms with E-state index in [1.807, 2.05) is 13.8 Å². The molecule has 1 amide bonds. The van der Waals surface area contributed by atoms with Gasteiger partial charge in [-0.25, -0.2) is 8.42 Å². The van der Waals surface area contributed by atoms with Crippen LogP contribution in [0, 0.1) is 11.8 Å². The number of hydrogen-bond donors (Lipinski definition) is 1. The number of amides is 1. The van der Waals surface area contributed by atoms with Crippen molar-refractivity contribution in [2.75, 3.05) is 11.5 Å². The minimum atomic E-state index is -2.96. The molecule has 0 saturated carbocycles. The van der Waals surface area contributed by atoms with Gasteiger partial charge in [0.25, 0.3) is 0 Å². The summed E-state index contributed by atoms with van der Waals surface area (Å²) in [5.41, 5.74) is 0. The van der Waals surface area contributed by atoms with Gasteiger partial charge in [-0.05, 0) is 18.3 Å². The normalized spacial score (nSPS) is 34.7. The molecule has 0 aromatic carbocycles. The fourth-order valence-corrected chi connectivity index (χ4v) is 4.74. The molecule has 110 valence electrons. The number of carbonyl (C=O) groups is 1. The molecule has 2 aliphatic rings. The summed E-state index contributed by atoms with van der Waals surface area (Å²) in [7, 11) is -2.96. The molecule has 1 N–H and O–H groups in total. The van der Waals surface area contributed by atoms with E-state index < -0.39 is 9.84 Å². The molecule has 2 rings (SSSR count). The first kappa shape index (κ1) is 14.8. The summed E-state index contributed by atoms with van der Waals surface area (Å²) in [6.45, 7) is 8.15. The van der Waals surface area contributed by atoms with Gasteiger partial charge in [0, 0.05) is 6.04 Å². The van der Waals surface area contributed by atoms with E-state index in [0.29, 0.717) is 6.42 Å².